The maximum absolute atomic E-state index is 13.8. The zero-order valence-corrected chi connectivity index (χ0v) is 33.1. The van der Waals surface area contributed by atoms with Crippen LogP contribution in [0.4, 0.5) is 5.69 Å². The van der Waals surface area contributed by atoms with E-state index in [1.165, 1.54) is 16.7 Å². The molecule has 9 nitrogen and oxygen atoms in total. The number of anilines is 1. The number of rotatable bonds is 20. The number of fused-ring (bicyclic) bond motifs is 1. The molecule has 1 aliphatic heterocycles. The van der Waals surface area contributed by atoms with E-state index in [4.69, 9.17) is 14.2 Å². The van der Waals surface area contributed by atoms with E-state index in [-0.39, 0.29) is 11.8 Å². The Morgan fingerprint density at radius 2 is 1.54 bits per heavy atom. The van der Waals surface area contributed by atoms with Crippen molar-refractivity contribution in [2.45, 2.75) is 72.1 Å². The maximum atomic E-state index is 13.8. The molecule has 9 heteroatoms. The van der Waals surface area contributed by atoms with Gasteiger partial charge in [0.05, 0.1) is 12.3 Å². The van der Waals surface area contributed by atoms with Crippen molar-refractivity contribution in [3.05, 3.63) is 125 Å². The van der Waals surface area contributed by atoms with Crippen molar-refractivity contribution in [1.29, 1.82) is 0 Å². The first-order valence-corrected chi connectivity index (χ1v) is 19.4. The Morgan fingerprint density at radius 1 is 0.852 bits per heavy atom. The summed E-state index contributed by atoms with van der Waals surface area (Å²) in [5.41, 5.74) is 3.74. The number of nitrogens with zero attached hydrogens (tertiary/aromatic N) is 2. The van der Waals surface area contributed by atoms with E-state index in [9.17, 15) is 9.59 Å². The van der Waals surface area contributed by atoms with Gasteiger partial charge in [0.15, 0.2) is 5.60 Å². The fourth-order valence-electron chi connectivity index (χ4n) is 6.35. The molecule has 0 fully saturated rings. The van der Waals surface area contributed by atoms with Crippen molar-refractivity contribution >= 4 is 17.5 Å². The number of nitrogens with one attached hydrogen (secondary N) is 2. The molecule has 1 heterocycles. The van der Waals surface area contributed by atoms with Crippen LogP contribution in [-0.2, 0) is 22.6 Å². The van der Waals surface area contributed by atoms with Gasteiger partial charge in [-0.1, -0.05) is 93.6 Å². The number of ether oxygens (including phenoxy) is 3. The lowest BCUT2D eigenvalue weighted by atomic mass is 9.97. The van der Waals surface area contributed by atoms with Crippen LogP contribution in [0, 0.1) is 0 Å². The van der Waals surface area contributed by atoms with Gasteiger partial charge in [0.2, 0.25) is 0 Å². The van der Waals surface area contributed by atoms with Crippen LogP contribution in [0.2, 0.25) is 0 Å². The topological polar surface area (TPSA) is 92.4 Å². The molecule has 0 aliphatic carbocycles. The van der Waals surface area contributed by atoms with Gasteiger partial charge in [-0.3, -0.25) is 14.5 Å². The lowest BCUT2D eigenvalue weighted by molar-refractivity contribution is -0.132. The first-order chi connectivity index (χ1) is 26.2. The predicted molar refractivity (Wildman–Crippen MR) is 219 cm³/mol. The second-order valence-electron chi connectivity index (χ2n) is 13.9. The summed E-state index contributed by atoms with van der Waals surface area (Å²) in [5, 5.41) is 6.48. The number of methoxy groups -OCH3 is 1. The Kier molecular flexibility index (Phi) is 17.0. The third kappa shape index (κ3) is 12.7. The Balaban J connectivity index is 0.00000319. The van der Waals surface area contributed by atoms with Gasteiger partial charge < -0.3 is 29.7 Å². The van der Waals surface area contributed by atoms with Gasteiger partial charge >= 0.3 is 0 Å². The zero-order chi connectivity index (χ0) is 38.8. The van der Waals surface area contributed by atoms with Gasteiger partial charge in [-0.15, -0.1) is 0 Å². The van der Waals surface area contributed by atoms with Crippen molar-refractivity contribution < 1.29 is 23.8 Å². The van der Waals surface area contributed by atoms with Crippen LogP contribution in [0.3, 0.4) is 0 Å². The van der Waals surface area contributed by atoms with E-state index in [1.807, 2.05) is 62.4 Å². The van der Waals surface area contributed by atoms with E-state index >= 15 is 0 Å². The highest BCUT2D eigenvalue weighted by Gasteiger charge is 2.41. The van der Waals surface area contributed by atoms with Crippen LogP contribution in [0.5, 0.6) is 11.5 Å². The molecule has 1 atom stereocenters. The van der Waals surface area contributed by atoms with E-state index in [0.29, 0.717) is 62.3 Å². The molecule has 0 aromatic heterocycles. The van der Waals surface area contributed by atoms with Crippen LogP contribution >= 0.6 is 0 Å². The molecule has 54 heavy (non-hydrogen) atoms. The standard InChI is InChI=1S/C43H54N4O5.C2H6/c1-33(36-17-11-18-38(29-36)51-28-12-27-50-4)21-22-44-23-24-45-41(48)37-19-20-40-39(30-37)47(42(49)43(2,3)52-40)26-25-46(31-34-13-7-5-8-14-34)32-35-15-9-6-10-16-35;1-2/h5-11,13-20,29-30,33,44H,12,21-28,31-32H2,1-4H3,(H,45,48);1-2H3/t33-;/m1./s1. The molecule has 0 radical (unpaired) electrons. The molecular formula is C45H60N4O5. The summed E-state index contributed by atoms with van der Waals surface area (Å²) in [6.07, 6.45) is 1.82. The van der Waals surface area contributed by atoms with Crippen LogP contribution in [0.15, 0.2) is 103 Å². The van der Waals surface area contributed by atoms with Gasteiger partial charge in [-0.2, -0.15) is 0 Å². The molecule has 2 N–H and O–H groups in total. The van der Waals surface area contributed by atoms with Gasteiger partial charge in [0, 0.05) is 65.0 Å². The van der Waals surface area contributed by atoms with Crippen molar-refractivity contribution in [1.82, 2.24) is 15.5 Å². The number of benzene rings is 4. The van der Waals surface area contributed by atoms with E-state index in [2.05, 4.69) is 58.9 Å². The first kappa shape index (κ1) is 42.0. The van der Waals surface area contributed by atoms with Gasteiger partial charge in [0.1, 0.15) is 11.5 Å². The lowest BCUT2D eigenvalue weighted by Crippen LogP contribution is -2.54. The molecule has 4 aromatic rings. The van der Waals surface area contributed by atoms with E-state index < -0.39 is 5.60 Å². The zero-order valence-electron chi connectivity index (χ0n) is 33.1. The van der Waals surface area contributed by atoms with Crippen LogP contribution in [0.25, 0.3) is 0 Å². The highest BCUT2D eigenvalue weighted by molar-refractivity contribution is 6.04. The number of hydrogen-bond donors (Lipinski definition) is 2. The molecule has 5 rings (SSSR count). The summed E-state index contributed by atoms with van der Waals surface area (Å²) in [5.74, 6) is 1.53. The molecule has 4 aromatic carbocycles. The first-order valence-electron chi connectivity index (χ1n) is 19.4. The quantitative estimate of drug-likeness (QED) is 0.0894. The fraction of sp³-hybridized carbons (Fsp3) is 0.422. The number of carbonyl (C=O) groups excluding carboxylic acids is 2. The Labute approximate surface area is 323 Å². The number of amides is 2. The summed E-state index contributed by atoms with van der Waals surface area (Å²) < 4.78 is 17.1. The lowest BCUT2D eigenvalue weighted by Gasteiger charge is -2.39. The second-order valence-corrected chi connectivity index (χ2v) is 13.9. The molecular weight excluding hydrogens is 677 g/mol. The largest absolute Gasteiger partial charge is 0.493 e. The van der Waals surface area contributed by atoms with Crippen molar-refractivity contribution in [3.63, 3.8) is 0 Å². The summed E-state index contributed by atoms with van der Waals surface area (Å²) in [6, 6.07) is 34.4. The van der Waals surface area contributed by atoms with E-state index in [0.717, 1.165) is 38.2 Å². The smallest absolute Gasteiger partial charge is 0.270 e. The third-order valence-corrected chi connectivity index (χ3v) is 9.31. The summed E-state index contributed by atoms with van der Waals surface area (Å²) in [4.78, 5) is 31.2. The average Bonchev–Trinajstić information content (AvgIpc) is 3.19. The van der Waals surface area contributed by atoms with Crippen LogP contribution in [0.1, 0.15) is 80.4 Å². The Bertz CT molecular complexity index is 1670. The normalized spacial score (nSPS) is 13.7. The van der Waals surface area contributed by atoms with Crippen molar-refractivity contribution in [2.24, 2.45) is 0 Å². The molecule has 1 aliphatic rings. The number of carbonyl (C=O) groups is 2. The molecule has 0 saturated heterocycles. The number of hydrogen-bond acceptors (Lipinski definition) is 7. The molecule has 0 bridgehead atoms. The minimum absolute atomic E-state index is 0.128. The van der Waals surface area contributed by atoms with Crippen LogP contribution in [-0.4, -0.2) is 75.4 Å². The highest BCUT2D eigenvalue weighted by atomic mass is 16.5. The third-order valence-electron chi connectivity index (χ3n) is 9.31. The van der Waals surface area contributed by atoms with Crippen molar-refractivity contribution in [3.8, 4) is 11.5 Å². The van der Waals surface area contributed by atoms with Crippen molar-refractivity contribution in [2.75, 3.05) is 57.9 Å². The predicted octanol–water partition coefficient (Wildman–Crippen LogP) is 7.85. The molecule has 2 amide bonds. The van der Waals surface area contributed by atoms with Gasteiger partial charge in [-0.25, -0.2) is 0 Å². The van der Waals surface area contributed by atoms with Gasteiger partial charge in [0.25, 0.3) is 11.8 Å². The summed E-state index contributed by atoms with van der Waals surface area (Å²) in [7, 11) is 1.70. The average molecular weight is 737 g/mol. The fourth-order valence-corrected chi connectivity index (χ4v) is 6.35. The maximum Gasteiger partial charge on any atom is 0.270 e. The molecule has 290 valence electrons. The van der Waals surface area contributed by atoms with Crippen LogP contribution < -0.4 is 25.0 Å². The summed E-state index contributed by atoms with van der Waals surface area (Å²) >= 11 is 0. The SMILES string of the molecule is CC.COCCCOc1cccc([C@H](C)CCNCCNC(=O)c2ccc3c(c2)N(CCN(Cc2ccccc2)Cc2ccccc2)C(=O)C(C)(C)O3)c1. The minimum atomic E-state index is -1.02. The van der Waals surface area contributed by atoms with E-state index in [1.54, 1.807) is 44.1 Å². The monoisotopic (exact) mass is 736 g/mol. The molecule has 0 saturated carbocycles. The molecule has 0 unspecified atom stereocenters. The van der Waals surface area contributed by atoms with Gasteiger partial charge in [-0.05, 0) is 79.8 Å². The minimum Gasteiger partial charge on any atom is -0.493 e. The Morgan fingerprint density at radius 3 is 2.20 bits per heavy atom. The highest BCUT2D eigenvalue weighted by Crippen LogP contribution is 2.38. The summed E-state index contributed by atoms with van der Waals surface area (Å²) in [6.45, 7) is 15.7. The second kappa shape index (κ2) is 21.9. The molecule has 0 spiro atoms. The Hall–Kier alpha value is -4.70.